The average Bonchev–Trinajstić information content (AvgIpc) is 3.44. The van der Waals surface area contributed by atoms with Gasteiger partial charge in [-0.25, -0.2) is 5.01 Å². The van der Waals surface area contributed by atoms with Crippen molar-refractivity contribution in [1.82, 2.24) is 25.1 Å². The number of carbonyl (C=O) groups excluding carboxylic acids is 4. The van der Waals surface area contributed by atoms with Gasteiger partial charge in [0.25, 0.3) is 5.91 Å². The minimum Gasteiger partial charge on any atom is -0.340 e. The van der Waals surface area contributed by atoms with Crippen molar-refractivity contribution in [1.29, 1.82) is 0 Å². The summed E-state index contributed by atoms with van der Waals surface area (Å²) in [5, 5.41) is 16.7. The summed E-state index contributed by atoms with van der Waals surface area (Å²) in [5.74, 6) is -0.779. The van der Waals surface area contributed by atoms with Crippen molar-refractivity contribution >= 4 is 35.3 Å². The summed E-state index contributed by atoms with van der Waals surface area (Å²) in [6.45, 7) is 5.65. The van der Waals surface area contributed by atoms with Gasteiger partial charge in [-0.2, -0.15) is 5.10 Å². The van der Waals surface area contributed by atoms with Crippen LogP contribution in [0.4, 0.5) is 11.6 Å². The van der Waals surface area contributed by atoms with Crippen LogP contribution in [0, 0.1) is 17.8 Å². The lowest BCUT2D eigenvalue weighted by atomic mass is 9.74. The van der Waals surface area contributed by atoms with Gasteiger partial charge in [-0.3, -0.25) is 28.9 Å². The number of nitrogens with one attached hydrogen (secondary N) is 3. The van der Waals surface area contributed by atoms with Gasteiger partial charge >= 0.3 is 0 Å². The van der Waals surface area contributed by atoms with Crippen molar-refractivity contribution in [2.45, 2.75) is 58.5 Å². The molecule has 1 aromatic heterocycles. The van der Waals surface area contributed by atoms with Gasteiger partial charge in [0.2, 0.25) is 17.7 Å². The Kier molecular flexibility index (Phi) is 7.69. The molecule has 11 nitrogen and oxygen atoms in total. The summed E-state index contributed by atoms with van der Waals surface area (Å²) >= 11 is 0. The standard InChI is InChI=1S/C28H37N7O4/c1-17(2)26(37)29-22-15-23(33(3)32-22)30-24(36)14-21(18-9-6-10-18)27(38)31-25-20-11-5-4-8-19(20)16-34-12-7-13-35(34)28(25)39/h4-5,8,11,15,17-18,21,25H,6-7,9-10,12-14,16H2,1-3H3,(H,30,36)(H,31,38)(H,29,32,37)/t21-,25-/m0/s1. The summed E-state index contributed by atoms with van der Waals surface area (Å²) in [4.78, 5) is 52.4. The fourth-order valence-corrected chi connectivity index (χ4v) is 5.53. The van der Waals surface area contributed by atoms with Crippen LogP contribution in [0.15, 0.2) is 30.3 Å². The van der Waals surface area contributed by atoms with E-state index < -0.39 is 12.0 Å². The highest BCUT2D eigenvalue weighted by Gasteiger charge is 2.41. The second-order valence-electron chi connectivity index (χ2n) is 11.1. The number of aryl methyl sites for hydroxylation is 1. The number of nitrogens with zero attached hydrogens (tertiary/aromatic N) is 4. The van der Waals surface area contributed by atoms with Crippen molar-refractivity contribution in [3.05, 3.63) is 41.5 Å². The van der Waals surface area contributed by atoms with Crippen LogP contribution in [0.25, 0.3) is 0 Å². The molecule has 2 fully saturated rings. The zero-order valence-corrected chi connectivity index (χ0v) is 22.8. The van der Waals surface area contributed by atoms with Crippen LogP contribution in [0.5, 0.6) is 0 Å². The number of aromatic nitrogens is 2. The number of amides is 4. The van der Waals surface area contributed by atoms with Crippen LogP contribution in [-0.2, 0) is 32.8 Å². The lowest BCUT2D eigenvalue weighted by molar-refractivity contribution is -0.148. The van der Waals surface area contributed by atoms with E-state index in [0.717, 1.165) is 43.4 Å². The van der Waals surface area contributed by atoms with Gasteiger partial charge in [0.15, 0.2) is 5.82 Å². The third kappa shape index (κ3) is 5.68. The SMILES string of the molecule is CC(C)C(=O)Nc1cc(NC(=O)C[C@H](C(=O)N[C@@H]2C(=O)N3CCCN3Cc3ccccc32)C2CCC2)n(C)n1. The normalized spacial score (nSPS) is 20.1. The zero-order valence-electron chi connectivity index (χ0n) is 22.8. The van der Waals surface area contributed by atoms with E-state index in [9.17, 15) is 19.2 Å². The molecule has 1 aliphatic carbocycles. The largest absolute Gasteiger partial charge is 0.340 e. The molecular weight excluding hydrogens is 498 g/mol. The van der Waals surface area contributed by atoms with Gasteiger partial charge in [-0.05, 0) is 36.3 Å². The molecule has 2 atom stereocenters. The first-order valence-electron chi connectivity index (χ1n) is 13.8. The summed E-state index contributed by atoms with van der Waals surface area (Å²) in [7, 11) is 1.67. The van der Waals surface area contributed by atoms with E-state index in [1.165, 1.54) is 4.68 Å². The highest BCUT2D eigenvalue weighted by atomic mass is 16.2. The van der Waals surface area contributed by atoms with Gasteiger partial charge in [0.05, 0.1) is 0 Å². The van der Waals surface area contributed by atoms with E-state index in [-0.39, 0.29) is 41.9 Å². The topological polar surface area (TPSA) is 129 Å². The Morgan fingerprint density at radius 2 is 1.82 bits per heavy atom. The van der Waals surface area contributed by atoms with Crippen molar-refractivity contribution in [2.24, 2.45) is 24.8 Å². The lowest BCUT2D eigenvalue weighted by Gasteiger charge is -2.34. The van der Waals surface area contributed by atoms with Gasteiger partial charge < -0.3 is 16.0 Å². The minimum atomic E-state index is -0.786. The number of benzene rings is 1. The molecule has 3 heterocycles. The van der Waals surface area contributed by atoms with E-state index in [0.29, 0.717) is 24.7 Å². The van der Waals surface area contributed by atoms with E-state index >= 15 is 0 Å². The Labute approximate surface area is 228 Å². The van der Waals surface area contributed by atoms with E-state index in [1.807, 2.05) is 24.3 Å². The number of hydrogen-bond acceptors (Lipinski definition) is 6. The van der Waals surface area contributed by atoms with Crippen LogP contribution in [0.1, 0.15) is 63.1 Å². The minimum absolute atomic E-state index is 0.00619. The fourth-order valence-electron chi connectivity index (χ4n) is 5.53. The Balaban J connectivity index is 1.30. The maximum absolute atomic E-state index is 13.7. The van der Waals surface area contributed by atoms with Crippen LogP contribution < -0.4 is 16.0 Å². The maximum atomic E-state index is 13.7. The number of hydrazine groups is 1. The van der Waals surface area contributed by atoms with Crippen LogP contribution in [-0.4, -0.2) is 56.5 Å². The molecule has 1 saturated heterocycles. The Hall–Kier alpha value is -3.73. The van der Waals surface area contributed by atoms with E-state index in [2.05, 4.69) is 26.1 Å². The molecule has 5 rings (SSSR count). The average molecular weight is 536 g/mol. The molecule has 39 heavy (non-hydrogen) atoms. The van der Waals surface area contributed by atoms with Crippen LogP contribution >= 0.6 is 0 Å². The second-order valence-corrected chi connectivity index (χ2v) is 11.1. The zero-order chi connectivity index (χ0) is 27.7. The van der Waals surface area contributed by atoms with Crippen LogP contribution in [0.2, 0.25) is 0 Å². The van der Waals surface area contributed by atoms with Crippen molar-refractivity contribution in [3.8, 4) is 0 Å². The third-order valence-corrected chi connectivity index (χ3v) is 8.02. The monoisotopic (exact) mass is 535 g/mol. The first-order chi connectivity index (χ1) is 18.7. The molecule has 0 spiro atoms. The molecule has 1 saturated carbocycles. The molecule has 3 aliphatic rings. The maximum Gasteiger partial charge on any atom is 0.264 e. The predicted octanol–water partition coefficient (Wildman–Crippen LogP) is 2.58. The highest BCUT2D eigenvalue weighted by molar-refractivity contribution is 5.96. The molecule has 1 aromatic carbocycles. The summed E-state index contributed by atoms with van der Waals surface area (Å²) < 4.78 is 1.48. The van der Waals surface area contributed by atoms with E-state index in [4.69, 9.17) is 0 Å². The molecule has 0 bridgehead atoms. The Bertz CT molecular complexity index is 1270. The fraction of sp³-hybridized carbons (Fsp3) is 0.536. The molecule has 2 aromatic rings. The Morgan fingerprint density at radius 3 is 2.54 bits per heavy atom. The molecule has 2 aliphatic heterocycles. The van der Waals surface area contributed by atoms with E-state index in [1.54, 1.807) is 32.0 Å². The van der Waals surface area contributed by atoms with Gasteiger partial charge in [0, 0.05) is 51.0 Å². The molecule has 0 unspecified atom stereocenters. The van der Waals surface area contributed by atoms with Crippen LogP contribution in [0.3, 0.4) is 0 Å². The van der Waals surface area contributed by atoms with Gasteiger partial charge in [0.1, 0.15) is 11.9 Å². The number of fused-ring (bicyclic) bond motifs is 2. The third-order valence-electron chi connectivity index (χ3n) is 8.02. The number of hydrogen-bond donors (Lipinski definition) is 3. The first-order valence-corrected chi connectivity index (χ1v) is 13.8. The first kappa shape index (κ1) is 26.9. The number of rotatable bonds is 8. The summed E-state index contributed by atoms with van der Waals surface area (Å²) in [5.41, 5.74) is 1.84. The highest BCUT2D eigenvalue weighted by Crippen LogP contribution is 2.37. The van der Waals surface area contributed by atoms with Gasteiger partial charge in [-0.1, -0.05) is 44.5 Å². The summed E-state index contributed by atoms with van der Waals surface area (Å²) in [6, 6.07) is 8.57. The molecule has 3 N–H and O–H groups in total. The second kappa shape index (κ2) is 11.2. The molecule has 208 valence electrons. The predicted molar refractivity (Wildman–Crippen MR) is 145 cm³/mol. The summed E-state index contributed by atoms with van der Waals surface area (Å²) in [6.07, 6.45) is 3.66. The molecule has 0 radical (unpaired) electrons. The Morgan fingerprint density at radius 1 is 1.05 bits per heavy atom. The quantitative estimate of drug-likeness (QED) is 0.477. The van der Waals surface area contributed by atoms with Crippen molar-refractivity contribution < 1.29 is 19.2 Å². The molecule has 11 heteroatoms. The molecule has 4 amide bonds. The lowest BCUT2D eigenvalue weighted by Crippen LogP contribution is -2.48. The van der Waals surface area contributed by atoms with Gasteiger partial charge in [-0.15, -0.1) is 0 Å². The number of carbonyl (C=O) groups is 4. The van der Waals surface area contributed by atoms with Crippen molar-refractivity contribution in [3.63, 3.8) is 0 Å². The van der Waals surface area contributed by atoms with Crippen molar-refractivity contribution in [2.75, 3.05) is 23.7 Å². The number of anilines is 2. The smallest absolute Gasteiger partial charge is 0.264 e. The molecular formula is C28H37N7O4.